The van der Waals surface area contributed by atoms with Gasteiger partial charge in [0.15, 0.2) is 0 Å². The van der Waals surface area contributed by atoms with Gasteiger partial charge in [-0.15, -0.1) is 0 Å². The molecule has 1 aromatic carbocycles. The van der Waals surface area contributed by atoms with Crippen molar-refractivity contribution in [2.75, 3.05) is 43.5 Å². The largest absolute Gasteiger partial charge is 0.495 e. The number of nitrogens with zero attached hydrogens (tertiary/aromatic N) is 3. The fourth-order valence-electron chi connectivity index (χ4n) is 4.15. The molecule has 1 saturated carbocycles. The van der Waals surface area contributed by atoms with Gasteiger partial charge in [0.05, 0.1) is 12.8 Å². The minimum atomic E-state index is 0.0801. The highest BCUT2D eigenvalue weighted by molar-refractivity contribution is 5.95. The van der Waals surface area contributed by atoms with Gasteiger partial charge in [0.25, 0.3) is 5.91 Å². The van der Waals surface area contributed by atoms with E-state index in [4.69, 9.17) is 4.74 Å². The van der Waals surface area contributed by atoms with Crippen LogP contribution in [0.25, 0.3) is 0 Å². The zero-order valence-corrected chi connectivity index (χ0v) is 16.4. The highest BCUT2D eigenvalue weighted by Gasteiger charge is 2.24. The average Bonchev–Trinajstić information content (AvgIpc) is 3.26. The smallest absolute Gasteiger partial charge is 0.254 e. The van der Waals surface area contributed by atoms with Crippen molar-refractivity contribution in [1.29, 1.82) is 0 Å². The van der Waals surface area contributed by atoms with E-state index in [0.717, 1.165) is 30.3 Å². The fraction of sp³-hybridized carbons (Fsp3) is 0.455. The summed E-state index contributed by atoms with van der Waals surface area (Å²) in [6.07, 6.45) is 6.64. The number of para-hydroxylation sites is 2. The van der Waals surface area contributed by atoms with Crippen LogP contribution in [0.3, 0.4) is 0 Å². The average molecular weight is 380 g/mol. The molecule has 1 saturated heterocycles. The minimum Gasteiger partial charge on any atom is -0.495 e. The van der Waals surface area contributed by atoms with Gasteiger partial charge in [-0.25, -0.2) is 4.98 Å². The van der Waals surface area contributed by atoms with Crippen LogP contribution in [0.15, 0.2) is 42.6 Å². The molecular weight excluding hydrogens is 352 g/mol. The maximum absolute atomic E-state index is 13.0. The van der Waals surface area contributed by atoms with Gasteiger partial charge in [-0.05, 0) is 37.1 Å². The molecule has 4 rings (SSSR count). The number of hydrogen-bond acceptors (Lipinski definition) is 5. The maximum Gasteiger partial charge on any atom is 0.254 e. The van der Waals surface area contributed by atoms with E-state index in [1.807, 2.05) is 35.2 Å². The van der Waals surface area contributed by atoms with Crippen molar-refractivity contribution in [3.8, 4) is 5.75 Å². The van der Waals surface area contributed by atoms with E-state index in [9.17, 15) is 4.79 Å². The van der Waals surface area contributed by atoms with Crippen molar-refractivity contribution in [1.82, 2.24) is 9.88 Å². The lowest BCUT2D eigenvalue weighted by molar-refractivity contribution is 0.0746. The summed E-state index contributed by atoms with van der Waals surface area (Å²) < 4.78 is 5.47. The minimum absolute atomic E-state index is 0.0801. The Labute approximate surface area is 166 Å². The van der Waals surface area contributed by atoms with E-state index >= 15 is 0 Å². The highest BCUT2D eigenvalue weighted by atomic mass is 16.5. The molecule has 6 heteroatoms. The second kappa shape index (κ2) is 8.50. The van der Waals surface area contributed by atoms with Crippen molar-refractivity contribution in [2.24, 2.45) is 0 Å². The summed E-state index contributed by atoms with van der Waals surface area (Å²) in [7, 11) is 1.69. The Morgan fingerprint density at radius 2 is 1.86 bits per heavy atom. The van der Waals surface area contributed by atoms with Crippen LogP contribution in [0.4, 0.5) is 11.5 Å². The summed E-state index contributed by atoms with van der Waals surface area (Å²) in [5, 5.41) is 3.48. The van der Waals surface area contributed by atoms with Gasteiger partial charge in [0.1, 0.15) is 11.6 Å². The zero-order valence-electron chi connectivity index (χ0n) is 16.4. The molecule has 1 aliphatic heterocycles. The topological polar surface area (TPSA) is 57.7 Å². The molecule has 0 radical (unpaired) electrons. The number of methoxy groups -OCH3 is 1. The molecule has 1 aromatic heterocycles. The quantitative estimate of drug-likeness (QED) is 0.861. The number of hydrogen-bond donors (Lipinski definition) is 1. The molecule has 2 heterocycles. The first-order chi connectivity index (χ1) is 13.7. The summed E-state index contributed by atoms with van der Waals surface area (Å²) in [5.41, 5.74) is 1.80. The maximum atomic E-state index is 13.0. The number of ether oxygens (including phenoxy) is 1. The third-order valence-electron chi connectivity index (χ3n) is 5.71. The molecule has 148 valence electrons. The monoisotopic (exact) mass is 380 g/mol. The Balaban J connectivity index is 1.38. The second-order valence-corrected chi connectivity index (χ2v) is 7.51. The Bertz CT molecular complexity index is 812. The van der Waals surface area contributed by atoms with Crippen molar-refractivity contribution in [3.63, 3.8) is 0 Å². The summed E-state index contributed by atoms with van der Waals surface area (Å²) in [4.78, 5) is 21.6. The lowest BCUT2D eigenvalue weighted by atomic mass is 10.2. The number of carbonyl (C=O) groups excluding carboxylic acids is 1. The van der Waals surface area contributed by atoms with Crippen LogP contribution in [-0.4, -0.2) is 55.1 Å². The Morgan fingerprint density at radius 3 is 2.61 bits per heavy atom. The number of carbonyl (C=O) groups is 1. The summed E-state index contributed by atoms with van der Waals surface area (Å²) >= 11 is 0. The van der Waals surface area contributed by atoms with Crippen LogP contribution in [-0.2, 0) is 0 Å². The third kappa shape index (κ3) is 4.06. The van der Waals surface area contributed by atoms with Gasteiger partial charge in [-0.1, -0.05) is 25.0 Å². The Hall–Kier alpha value is -2.76. The molecule has 0 spiro atoms. The first-order valence-corrected chi connectivity index (χ1v) is 10.1. The molecule has 1 aliphatic carbocycles. The standard InChI is InChI=1S/C22H28N4O2/c1-28-20-9-5-4-8-19(20)25-12-14-26(15-13-25)22(27)17-10-11-23-21(16-17)24-18-6-2-3-7-18/h4-5,8-11,16,18H,2-3,6-7,12-15H2,1H3,(H,23,24). The Kier molecular flexibility index (Phi) is 5.65. The van der Waals surface area contributed by atoms with Gasteiger partial charge in [-0.3, -0.25) is 4.79 Å². The molecule has 1 amide bonds. The number of piperazine rings is 1. The van der Waals surface area contributed by atoms with Crippen molar-refractivity contribution in [3.05, 3.63) is 48.2 Å². The van der Waals surface area contributed by atoms with E-state index in [1.165, 1.54) is 25.7 Å². The molecule has 2 aromatic rings. The van der Waals surface area contributed by atoms with Crippen molar-refractivity contribution >= 4 is 17.4 Å². The lowest BCUT2D eigenvalue weighted by Crippen LogP contribution is -2.48. The van der Waals surface area contributed by atoms with E-state index in [-0.39, 0.29) is 5.91 Å². The van der Waals surface area contributed by atoms with Crippen LogP contribution in [0.5, 0.6) is 5.75 Å². The SMILES string of the molecule is COc1ccccc1N1CCN(C(=O)c2ccnc(NC3CCCC3)c2)CC1. The van der Waals surface area contributed by atoms with Crippen LogP contribution in [0.1, 0.15) is 36.0 Å². The van der Waals surface area contributed by atoms with Crippen molar-refractivity contribution < 1.29 is 9.53 Å². The molecule has 0 unspecified atom stereocenters. The molecule has 28 heavy (non-hydrogen) atoms. The third-order valence-corrected chi connectivity index (χ3v) is 5.71. The molecule has 0 bridgehead atoms. The normalized spacial score (nSPS) is 17.6. The first-order valence-electron chi connectivity index (χ1n) is 10.1. The van der Waals surface area contributed by atoms with Gasteiger partial charge in [0, 0.05) is 44.0 Å². The number of anilines is 2. The number of rotatable bonds is 5. The van der Waals surface area contributed by atoms with E-state index in [0.29, 0.717) is 24.7 Å². The number of aromatic nitrogens is 1. The zero-order chi connectivity index (χ0) is 19.3. The van der Waals surface area contributed by atoms with Crippen LogP contribution < -0.4 is 15.0 Å². The summed E-state index contributed by atoms with van der Waals surface area (Å²) in [6, 6.07) is 12.2. The number of pyridine rings is 1. The van der Waals surface area contributed by atoms with Gasteiger partial charge in [0.2, 0.25) is 0 Å². The highest BCUT2D eigenvalue weighted by Crippen LogP contribution is 2.28. The van der Waals surface area contributed by atoms with Crippen molar-refractivity contribution in [2.45, 2.75) is 31.7 Å². The molecule has 6 nitrogen and oxygen atoms in total. The lowest BCUT2D eigenvalue weighted by Gasteiger charge is -2.36. The molecule has 1 N–H and O–H groups in total. The summed E-state index contributed by atoms with van der Waals surface area (Å²) in [5.74, 6) is 1.76. The summed E-state index contributed by atoms with van der Waals surface area (Å²) in [6.45, 7) is 2.99. The number of benzene rings is 1. The van der Waals surface area contributed by atoms with Crippen LogP contribution in [0, 0.1) is 0 Å². The molecular formula is C22H28N4O2. The molecule has 2 aliphatic rings. The fourth-order valence-corrected chi connectivity index (χ4v) is 4.15. The Morgan fingerprint density at radius 1 is 1.11 bits per heavy atom. The van der Waals surface area contributed by atoms with E-state index in [1.54, 1.807) is 13.3 Å². The predicted molar refractivity (Wildman–Crippen MR) is 111 cm³/mol. The van der Waals surface area contributed by atoms with E-state index in [2.05, 4.69) is 21.3 Å². The van der Waals surface area contributed by atoms with E-state index < -0.39 is 0 Å². The van der Waals surface area contributed by atoms with Gasteiger partial charge >= 0.3 is 0 Å². The van der Waals surface area contributed by atoms with Crippen LogP contribution >= 0.6 is 0 Å². The second-order valence-electron chi connectivity index (χ2n) is 7.51. The molecule has 0 atom stereocenters. The predicted octanol–water partition coefficient (Wildman–Crippen LogP) is 3.41. The number of amides is 1. The first kappa shape index (κ1) is 18.6. The number of nitrogens with one attached hydrogen (secondary N) is 1. The van der Waals surface area contributed by atoms with Gasteiger partial charge in [-0.2, -0.15) is 0 Å². The van der Waals surface area contributed by atoms with Gasteiger partial charge < -0.3 is 19.9 Å². The molecule has 2 fully saturated rings. The van der Waals surface area contributed by atoms with Crippen LogP contribution in [0.2, 0.25) is 0 Å².